The summed E-state index contributed by atoms with van der Waals surface area (Å²) in [6.45, 7) is 8.09. The highest BCUT2D eigenvalue weighted by atomic mass is 32.2. The third-order valence-corrected chi connectivity index (χ3v) is 6.04. The molecule has 0 radical (unpaired) electrons. The molecule has 0 aliphatic carbocycles. The van der Waals surface area contributed by atoms with E-state index >= 15 is 0 Å². The molecule has 1 aliphatic rings. The molecule has 160 valence electrons. The SMILES string of the molecule is C=CCSc1ccccc1NC(=O)CN1CCN(Cc2ccc(OC)c(F)c2)CC1. The van der Waals surface area contributed by atoms with E-state index in [1.807, 2.05) is 36.4 Å². The van der Waals surface area contributed by atoms with Gasteiger partial charge in [-0.05, 0) is 29.8 Å². The Balaban J connectivity index is 1.46. The predicted octanol–water partition coefficient (Wildman–Crippen LogP) is 3.87. The lowest BCUT2D eigenvalue weighted by Gasteiger charge is -2.34. The minimum Gasteiger partial charge on any atom is -0.494 e. The van der Waals surface area contributed by atoms with Gasteiger partial charge in [-0.3, -0.25) is 14.6 Å². The summed E-state index contributed by atoms with van der Waals surface area (Å²) >= 11 is 1.65. The lowest BCUT2D eigenvalue weighted by molar-refractivity contribution is -0.117. The lowest BCUT2D eigenvalue weighted by Crippen LogP contribution is -2.48. The molecule has 0 saturated carbocycles. The van der Waals surface area contributed by atoms with Gasteiger partial charge >= 0.3 is 0 Å². The summed E-state index contributed by atoms with van der Waals surface area (Å²) in [6, 6.07) is 12.9. The van der Waals surface area contributed by atoms with Crippen LogP contribution >= 0.6 is 11.8 Å². The largest absolute Gasteiger partial charge is 0.494 e. The Bertz CT molecular complexity index is 869. The predicted molar refractivity (Wildman–Crippen MR) is 121 cm³/mol. The first-order valence-electron chi connectivity index (χ1n) is 9.98. The maximum absolute atomic E-state index is 13.9. The van der Waals surface area contributed by atoms with Crippen LogP contribution in [-0.2, 0) is 11.3 Å². The Morgan fingerprint density at radius 1 is 1.20 bits per heavy atom. The van der Waals surface area contributed by atoms with Gasteiger partial charge in [-0.25, -0.2) is 4.39 Å². The molecule has 2 aromatic carbocycles. The van der Waals surface area contributed by atoms with Crippen LogP contribution < -0.4 is 10.1 Å². The van der Waals surface area contributed by atoms with E-state index in [0.717, 1.165) is 48.1 Å². The third kappa shape index (κ3) is 6.32. The molecule has 0 aromatic heterocycles. The number of hydrogen-bond acceptors (Lipinski definition) is 5. The fourth-order valence-electron chi connectivity index (χ4n) is 3.41. The van der Waals surface area contributed by atoms with Crippen molar-refractivity contribution in [1.29, 1.82) is 0 Å². The summed E-state index contributed by atoms with van der Waals surface area (Å²) in [7, 11) is 1.46. The average Bonchev–Trinajstić information content (AvgIpc) is 2.74. The van der Waals surface area contributed by atoms with E-state index in [-0.39, 0.29) is 17.5 Å². The second-order valence-corrected chi connectivity index (χ2v) is 8.23. The molecular formula is C23H28FN3O2S. The Kier molecular flexibility index (Phi) is 8.30. The molecule has 0 atom stereocenters. The average molecular weight is 430 g/mol. The Labute approximate surface area is 181 Å². The van der Waals surface area contributed by atoms with E-state index in [4.69, 9.17) is 4.74 Å². The smallest absolute Gasteiger partial charge is 0.238 e. The van der Waals surface area contributed by atoms with Crippen LogP contribution in [0.1, 0.15) is 5.56 Å². The van der Waals surface area contributed by atoms with Crippen LogP contribution in [0.4, 0.5) is 10.1 Å². The van der Waals surface area contributed by atoms with Crippen molar-refractivity contribution < 1.29 is 13.9 Å². The number of nitrogens with one attached hydrogen (secondary N) is 1. The lowest BCUT2D eigenvalue weighted by atomic mass is 10.2. The zero-order valence-electron chi connectivity index (χ0n) is 17.3. The summed E-state index contributed by atoms with van der Waals surface area (Å²) in [5, 5.41) is 3.03. The number of halogens is 1. The van der Waals surface area contributed by atoms with Crippen molar-refractivity contribution in [1.82, 2.24) is 9.80 Å². The molecule has 30 heavy (non-hydrogen) atoms. The van der Waals surface area contributed by atoms with Crippen LogP contribution in [0.25, 0.3) is 0 Å². The number of amides is 1. The zero-order chi connectivity index (χ0) is 21.3. The van der Waals surface area contributed by atoms with E-state index in [1.165, 1.54) is 13.2 Å². The Hall–Kier alpha value is -2.35. The molecule has 5 nitrogen and oxygen atoms in total. The number of piperazine rings is 1. The first-order chi connectivity index (χ1) is 14.6. The standard InChI is InChI=1S/C23H28FN3O2S/c1-3-14-30-22-7-5-4-6-20(22)25-23(28)17-27-12-10-26(11-13-27)16-18-8-9-21(29-2)19(24)15-18/h3-9,15H,1,10-14,16-17H2,2H3,(H,25,28). The number of methoxy groups -OCH3 is 1. The summed E-state index contributed by atoms with van der Waals surface area (Å²) < 4.78 is 18.9. The number of rotatable bonds is 9. The number of benzene rings is 2. The van der Waals surface area contributed by atoms with E-state index in [1.54, 1.807) is 17.8 Å². The van der Waals surface area contributed by atoms with E-state index in [2.05, 4.69) is 21.7 Å². The second-order valence-electron chi connectivity index (χ2n) is 7.17. The van der Waals surface area contributed by atoms with Crippen molar-refractivity contribution in [3.05, 3.63) is 66.5 Å². The monoisotopic (exact) mass is 429 g/mol. The number of carbonyl (C=O) groups excluding carboxylic acids is 1. The Morgan fingerprint density at radius 3 is 2.63 bits per heavy atom. The number of hydrogen-bond donors (Lipinski definition) is 1. The zero-order valence-corrected chi connectivity index (χ0v) is 18.1. The van der Waals surface area contributed by atoms with Gasteiger partial charge in [0.1, 0.15) is 0 Å². The van der Waals surface area contributed by atoms with Gasteiger partial charge in [-0.15, -0.1) is 18.3 Å². The molecule has 1 aliphatic heterocycles. The van der Waals surface area contributed by atoms with Gasteiger partial charge in [0.2, 0.25) is 5.91 Å². The van der Waals surface area contributed by atoms with Crippen LogP contribution in [0, 0.1) is 5.82 Å². The highest BCUT2D eigenvalue weighted by Crippen LogP contribution is 2.27. The summed E-state index contributed by atoms with van der Waals surface area (Å²) in [5.74, 6) is 0.718. The number of thioether (sulfide) groups is 1. The first kappa shape index (κ1) is 22.3. The maximum atomic E-state index is 13.9. The molecular weight excluding hydrogens is 401 g/mol. The van der Waals surface area contributed by atoms with Crippen LogP contribution in [0.3, 0.4) is 0 Å². The topological polar surface area (TPSA) is 44.8 Å². The highest BCUT2D eigenvalue weighted by molar-refractivity contribution is 7.99. The maximum Gasteiger partial charge on any atom is 0.238 e. The summed E-state index contributed by atoms with van der Waals surface area (Å²) in [4.78, 5) is 18.0. The van der Waals surface area contributed by atoms with Crippen LogP contribution in [0.2, 0.25) is 0 Å². The molecule has 0 spiro atoms. The van der Waals surface area contributed by atoms with Crippen LogP contribution in [0.5, 0.6) is 5.75 Å². The fourth-order valence-corrected chi connectivity index (χ4v) is 4.16. The fraction of sp³-hybridized carbons (Fsp3) is 0.348. The molecule has 1 saturated heterocycles. The molecule has 7 heteroatoms. The number of para-hydroxylation sites is 1. The third-order valence-electron chi connectivity index (χ3n) is 4.97. The molecule has 1 heterocycles. The van der Waals surface area contributed by atoms with Crippen LogP contribution in [-0.4, -0.2) is 61.3 Å². The minimum absolute atomic E-state index is 0.00710. The minimum atomic E-state index is -0.336. The molecule has 1 N–H and O–H groups in total. The quantitative estimate of drug-likeness (QED) is 0.484. The van der Waals surface area contributed by atoms with Crippen LogP contribution in [0.15, 0.2) is 60.0 Å². The van der Waals surface area contributed by atoms with Crippen molar-refractivity contribution in [3.8, 4) is 5.75 Å². The summed E-state index contributed by atoms with van der Waals surface area (Å²) in [6.07, 6.45) is 1.85. The molecule has 3 rings (SSSR count). The normalized spacial score (nSPS) is 15.0. The molecule has 2 aromatic rings. The van der Waals surface area contributed by atoms with E-state index in [9.17, 15) is 9.18 Å². The molecule has 0 bridgehead atoms. The van der Waals surface area contributed by atoms with Crippen molar-refractivity contribution in [2.24, 2.45) is 0 Å². The van der Waals surface area contributed by atoms with Gasteiger partial charge in [0.05, 0.1) is 19.3 Å². The van der Waals surface area contributed by atoms with Crippen molar-refractivity contribution in [2.45, 2.75) is 11.4 Å². The van der Waals surface area contributed by atoms with Gasteiger partial charge in [0, 0.05) is 43.4 Å². The first-order valence-corrected chi connectivity index (χ1v) is 11.0. The van der Waals surface area contributed by atoms with Gasteiger partial charge < -0.3 is 10.1 Å². The molecule has 1 amide bonds. The highest BCUT2D eigenvalue weighted by Gasteiger charge is 2.20. The summed E-state index contributed by atoms with van der Waals surface area (Å²) in [5.41, 5.74) is 1.77. The van der Waals surface area contributed by atoms with E-state index < -0.39 is 0 Å². The van der Waals surface area contributed by atoms with Crippen molar-refractivity contribution in [3.63, 3.8) is 0 Å². The molecule has 0 unspecified atom stereocenters. The number of nitrogens with zero attached hydrogens (tertiary/aromatic N) is 2. The van der Waals surface area contributed by atoms with Gasteiger partial charge in [-0.2, -0.15) is 0 Å². The number of ether oxygens (including phenoxy) is 1. The Morgan fingerprint density at radius 2 is 1.93 bits per heavy atom. The van der Waals surface area contributed by atoms with Crippen molar-refractivity contribution >= 4 is 23.4 Å². The second kappa shape index (κ2) is 11.2. The number of carbonyl (C=O) groups is 1. The van der Waals surface area contributed by atoms with Gasteiger partial charge in [0.25, 0.3) is 0 Å². The van der Waals surface area contributed by atoms with Crippen molar-refractivity contribution in [2.75, 3.05) is 50.9 Å². The van der Waals surface area contributed by atoms with E-state index in [0.29, 0.717) is 13.1 Å². The number of anilines is 1. The van der Waals surface area contributed by atoms with Gasteiger partial charge in [0.15, 0.2) is 11.6 Å². The molecule has 1 fully saturated rings. The van der Waals surface area contributed by atoms with Gasteiger partial charge in [-0.1, -0.05) is 24.3 Å².